The number of nitrogens with zero attached hydrogens (tertiary/aromatic N) is 4. The quantitative estimate of drug-likeness (QED) is 0.669. The molecule has 0 aliphatic heterocycles. The van der Waals surface area contributed by atoms with Crippen molar-refractivity contribution in [3.8, 4) is 5.75 Å². The lowest BCUT2D eigenvalue weighted by molar-refractivity contribution is -0.390. The molecule has 116 valence electrons. The molecular weight excluding hydrogens is 294 g/mol. The van der Waals surface area contributed by atoms with Crippen LogP contribution in [0.25, 0.3) is 0 Å². The van der Waals surface area contributed by atoms with Crippen LogP contribution in [-0.2, 0) is 0 Å². The Balaban J connectivity index is 0.000000220. The Morgan fingerprint density at radius 2 is 1.59 bits per heavy atom. The van der Waals surface area contributed by atoms with Crippen molar-refractivity contribution in [2.24, 2.45) is 0 Å². The molecule has 0 aliphatic carbocycles. The molecular formula is C12H13N5O5. The largest absolute Gasteiger partial charge is 0.489 e. The summed E-state index contributed by atoms with van der Waals surface area (Å²) in [5, 5.41) is 23.2. The molecule has 0 saturated heterocycles. The van der Waals surface area contributed by atoms with E-state index >= 15 is 0 Å². The molecule has 2 aromatic rings. The van der Waals surface area contributed by atoms with Crippen LogP contribution in [0.15, 0.2) is 36.7 Å². The third-order valence-electron chi connectivity index (χ3n) is 2.37. The van der Waals surface area contributed by atoms with Gasteiger partial charge in [-0.15, -0.1) is 0 Å². The van der Waals surface area contributed by atoms with Crippen molar-refractivity contribution in [2.75, 3.05) is 19.5 Å². The molecule has 0 spiro atoms. The van der Waals surface area contributed by atoms with E-state index in [1.54, 1.807) is 25.2 Å². The number of anilines is 1. The first kappa shape index (κ1) is 16.8. The van der Waals surface area contributed by atoms with Crippen molar-refractivity contribution in [3.05, 3.63) is 56.9 Å². The minimum atomic E-state index is -0.584. The standard InChI is InChI=1S/C6H7N3O2.C6H6N2O3/c1-7-5-3-2-4-8-6(5)9(10)11;1-11-5-3-2-4-7-6(5)8(9)10/h2-4,7H,1H3;2-4H,1H3. The summed E-state index contributed by atoms with van der Waals surface area (Å²) < 4.78 is 4.70. The first-order valence-electron chi connectivity index (χ1n) is 5.91. The van der Waals surface area contributed by atoms with Gasteiger partial charge in [-0.3, -0.25) is 0 Å². The lowest BCUT2D eigenvalue weighted by atomic mass is 10.4. The van der Waals surface area contributed by atoms with Gasteiger partial charge >= 0.3 is 11.6 Å². The number of nitrogens with one attached hydrogen (secondary N) is 1. The maximum absolute atomic E-state index is 10.3. The van der Waals surface area contributed by atoms with Crippen LogP contribution in [0.2, 0.25) is 0 Å². The molecule has 0 aromatic carbocycles. The molecule has 1 N–H and O–H groups in total. The highest BCUT2D eigenvalue weighted by atomic mass is 16.6. The lowest BCUT2D eigenvalue weighted by Crippen LogP contribution is -1.97. The molecule has 0 fully saturated rings. The lowest BCUT2D eigenvalue weighted by Gasteiger charge is -1.98. The van der Waals surface area contributed by atoms with Gasteiger partial charge in [-0.05, 0) is 44.1 Å². The van der Waals surface area contributed by atoms with Gasteiger partial charge in [0.15, 0.2) is 0 Å². The van der Waals surface area contributed by atoms with Gasteiger partial charge in [0.05, 0.1) is 7.11 Å². The van der Waals surface area contributed by atoms with Gasteiger partial charge in [-0.2, -0.15) is 0 Å². The SMILES string of the molecule is CNc1cccnc1[N+](=O)[O-].COc1cccnc1[N+](=O)[O-]. The smallest absolute Gasteiger partial charge is 0.406 e. The predicted octanol–water partition coefficient (Wildman–Crippen LogP) is 2.03. The van der Waals surface area contributed by atoms with Crippen molar-refractivity contribution in [1.82, 2.24) is 9.97 Å². The molecule has 2 aromatic heterocycles. The number of nitro groups is 2. The zero-order valence-corrected chi connectivity index (χ0v) is 11.8. The Bertz CT molecular complexity index is 606. The molecule has 0 saturated carbocycles. The van der Waals surface area contributed by atoms with Gasteiger partial charge in [0.25, 0.3) is 0 Å². The Hall–Kier alpha value is -3.30. The van der Waals surface area contributed by atoms with E-state index in [9.17, 15) is 20.2 Å². The summed E-state index contributed by atoms with van der Waals surface area (Å²) in [5.74, 6) is -0.220. The molecule has 22 heavy (non-hydrogen) atoms. The molecule has 0 bridgehead atoms. The molecule has 0 atom stereocenters. The van der Waals surface area contributed by atoms with E-state index in [0.717, 1.165) is 0 Å². The number of pyridine rings is 2. The molecule has 10 heteroatoms. The average molecular weight is 307 g/mol. The fraction of sp³-hybridized carbons (Fsp3) is 0.167. The molecule has 2 rings (SSSR count). The van der Waals surface area contributed by atoms with E-state index in [1.165, 1.54) is 25.6 Å². The summed E-state index contributed by atoms with van der Waals surface area (Å²) in [7, 11) is 2.98. The van der Waals surface area contributed by atoms with Gasteiger partial charge in [0.2, 0.25) is 5.75 Å². The van der Waals surface area contributed by atoms with Crippen LogP contribution in [0.4, 0.5) is 17.3 Å². The van der Waals surface area contributed by atoms with Crippen LogP contribution in [0, 0.1) is 20.2 Å². The predicted molar refractivity (Wildman–Crippen MR) is 77.9 cm³/mol. The number of hydrogen-bond acceptors (Lipinski definition) is 8. The Morgan fingerprint density at radius 3 is 2.00 bits per heavy atom. The van der Waals surface area contributed by atoms with Crippen LogP contribution in [0.1, 0.15) is 0 Å². The third kappa shape index (κ3) is 4.37. The highest BCUT2D eigenvalue weighted by Crippen LogP contribution is 2.21. The van der Waals surface area contributed by atoms with Gasteiger partial charge in [0, 0.05) is 7.05 Å². The number of ether oxygens (including phenoxy) is 1. The maximum atomic E-state index is 10.3. The summed E-state index contributed by atoms with van der Waals surface area (Å²) >= 11 is 0. The van der Waals surface area contributed by atoms with Crippen molar-refractivity contribution < 1.29 is 14.6 Å². The summed E-state index contributed by atoms with van der Waals surface area (Å²) in [6.07, 6.45) is 2.74. The first-order chi connectivity index (χ1) is 10.5. The minimum absolute atomic E-state index is 0.144. The summed E-state index contributed by atoms with van der Waals surface area (Å²) in [6, 6.07) is 6.31. The van der Waals surface area contributed by atoms with E-state index in [1.807, 2.05) is 0 Å². The number of rotatable bonds is 4. The number of aromatic nitrogens is 2. The van der Waals surface area contributed by atoms with Crippen LogP contribution in [-0.4, -0.2) is 34.0 Å². The third-order valence-corrected chi connectivity index (χ3v) is 2.37. The second kappa shape index (κ2) is 8.09. The van der Waals surface area contributed by atoms with Crippen LogP contribution in [0.5, 0.6) is 5.75 Å². The second-order valence-electron chi connectivity index (χ2n) is 3.67. The van der Waals surface area contributed by atoms with E-state index in [0.29, 0.717) is 5.69 Å². The molecule has 0 aliphatic rings. The zero-order valence-electron chi connectivity index (χ0n) is 11.8. The molecule has 0 amide bonds. The summed E-state index contributed by atoms with van der Waals surface area (Å²) in [4.78, 5) is 26.5. The van der Waals surface area contributed by atoms with Gasteiger partial charge in [-0.25, -0.2) is 0 Å². The maximum Gasteiger partial charge on any atom is 0.406 e. The zero-order chi connectivity index (χ0) is 16.5. The van der Waals surface area contributed by atoms with Crippen molar-refractivity contribution in [1.29, 1.82) is 0 Å². The van der Waals surface area contributed by atoms with Crippen molar-refractivity contribution in [3.63, 3.8) is 0 Å². The molecule has 10 nitrogen and oxygen atoms in total. The van der Waals surface area contributed by atoms with E-state index in [2.05, 4.69) is 15.3 Å². The number of methoxy groups -OCH3 is 1. The highest BCUT2D eigenvalue weighted by molar-refractivity contribution is 5.55. The monoisotopic (exact) mass is 307 g/mol. The first-order valence-corrected chi connectivity index (χ1v) is 5.91. The van der Waals surface area contributed by atoms with Crippen molar-refractivity contribution in [2.45, 2.75) is 0 Å². The fourth-order valence-corrected chi connectivity index (χ4v) is 1.42. The van der Waals surface area contributed by atoms with E-state index in [-0.39, 0.29) is 17.4 Å². The average Bonchev–Trinajstić information content (AvgIpc) is 2.55. The van der Waals surface area contributed by atoms with Gasteiger partial charge in [0.1, 0.15) is 18.1 Å². The fourth-order valence-electron chi connectivity index (χ4n) is 1.42. The number of hydrogen-bond donors (Lipinski definition) is 1. The van der Waals surface area contributed by atoms with Crippen LogP contribution >= 0.6 is 0 Å². The van der Waals surface area contributed by atoms with Gasteiger partial charge in [-0.1, -0.05) is 0 Å². The molecule has 0 unspecified atom stereocenters. The Morgan fingerprint density at radius 1 is 1.05 bits per heavy atom. The highest BCUT2D eigenvalue weighted by Gasteiger charge is 2.13. The van der Waals surface area contributed by atoms with Crippen LogP contribution in [0.3, 0.4) is 0 Å². The van der Waals surface area contributed by atoms with Gasteiger partial charge < -0.3 is 30.3 Å². The topological polar surface area (TPSA) is 133 Å². The van der Waals surface area contributed by atoms with Crippen molar-refractivity contribution >= 4 is 17.3 Å². The minimum Gasteiger partial charge on any atom is -0.489 e. The molecule has 0 radical (unpaired) electrons. The Labute approximate surface area is 125 Å². The van der Waals surface area contributed by atoms with E-state index < -0.39 is 9.85 Å². The molecule has 2 heterocycles. The Kier molecular flexibility index (Phi) is 6.16. The normalized spacial score (nSPS) is 9.18. The summed E-state index contributed by atoms with van der Waals surface area (Å²) in [5.41, 5.74) is 0.428. The summed E-state index contributed by atoms with van der Waals surface area (Å²) in [6.45, 7) is 0. The van der Waals surface area contributed by atoms with E-state index in [4.69, 9.17) is 4.74 Å². The van der Waals surface area contributed by atoms with Crippen LogP contribution < -0.4 is 10.1 Å². The second-order valence-corrected chi connectivity index (χ2v) is 3.67.